The first-order valence-corrected chi connectivity index (χ1v) is 7.85. The Kier molecular flexibility index (Phi) is 10.9. The number of carbonyl (C=O) groups is 1. The summed E-state index contributed by atoms with van der Waals surface area (Å²) in [5.41, 5.74) is 0. The molecule has 0 aromatic carbocycles. The zero-order chi connectivity index (χ0) is 14.7. The molecule has 1 unspecified atom stereocenters. The quantitative estimate of drug-likeness (QED) is 0.774. The van der Waals surface area contributed by atoms with Crippen LogP contribution in [0, 0.1) is 0 Å². The molecule has 0 aromatic rings. The standard InChI is InChI=1S/C11H20N2O2.2C2H6/c1-10(14)13-6-4-12(5-7-13)9-11-3-2-8-15-11;2*1-2/h11H,2-9H2,1H3;2*1-2H3. The van der Waals surface area contributed by atoms with E-state index in [9.17, 15) is 4.79 Å². The van der Waals surface area contributed by atoms with Crippen molar-refractivity contribution < 1.29 is 9.53 Å². The highest BCUT2D eigenvalue weighted by molar-refractivity contribution is 5.73. The van der Waals surface area contributed by atoms with Crippen molar-refractivity contribution in [3.8, 4) is 0 Å². The molecule has 1 amide bonds. The summed E-state index contributed by atoms with van der Waals surface area (Å²) in [6, 6.07) is 0. The molecule has 19 heavy (non-hydrogen) atoms. The fraction of sp³-hybridized carbons (Fsp3) is 0.933. The van der Waals surface area contributed by atoms with Crippen LogP contribution < -0.4 is 0 Å². The zero-order valence-electron chi connectivity index (χ0n) is 13.4. The van der Waals surface area contributed by atoms with Crippen LogP contribution in [0.15, 0.2) is 0 Å². The van der Waals surface area contributed by atoms with E-state index in [-0.39, 0.29) is 5.91 Å². The molecule has 4 nitrogen and oxygen atoms in total. The Balaban J connectivity index is 0.000000741. The summed E-state index contributed by atoms with van der Waals surface area (Å²) in [5, 5.41) is 0. The van der Waals surface area contributed by atoms with E-state index in [1.165, 1.54) is 12.8 Å². The lowest BCUT2D eigenvalue weighted by Crippen LogP contribution is -2.49. The summed E-state index contributed by atoms with van der Waals surface area (Å²) >= 11 is 0. The molecule has 1 atom stereocenters. The Labute approximate surface area is 119 Å². The number of ether oxygens (including phenoxy) is 1. The van der Waals surface area contributed by atoms with Gasteiger partial charge in [0.05, 0.1) is 6.10 Å². The topological polar surface area (TPSA) is 32.8 Å². The molecule has 2 heterocycles. The SMILES string of the molecule is CC.CC.CC(=O)N1CCN(CC2CCCO2)CC1. The van der Waals surface area contributed by atoms with E-state index in [2.05, 4.69) is 4.90 Å². The Bertz CT molecular complexity index is 220. The molecular formula is C15H32N2O2. The largest absolute Gasteiger partial charge is 0.377 e. The second-order valence-electron chi connectivity index (χ2n) is 4.44. The fourth-order valence-corrected chi connectivity index (χ4v) is 2.32. The minimum Gasteiger partial charge on any atom is -0.377 e. The predicted molar refractivity (Wildman–Crippen MR) is 80.4 cm³/mol. The maximum atomic E-state index is 11.1. The van der Waals surface area contributed by atoms with Crippen molar-refractivity contribution in [2.24, 2.45) is 0 Å². The van der Waals surface area contributed by atoms with Crippen LogP contribution in [0.4, 0.5) is 0 Å². The molecule has 2 aliphatic heterocycles. The molecule has 2 saturated heterocycles. The van der Waals surface area contributed by atoms with Crippen LogP contribution in [0.1, 0.15) is 47.5 Å². The first-order valence-electron chi connectivity index (χ1n) is 7.85. The van der Waals surface area contributed by atoms with Crippen molar-refractivity contribution in [2.75, 3.05) is 39.3 Å². The maximum Gasteiger partial charge on any atom is 0.219 e. The summed E-state index contributed by atoms with van der Waals surface area (Å²) < 4.78 is 5.61. The van der Waals surface area contributed by atoms with Crippen LogP contribution in [-0.4, -0.2) is 61.1 Å². The van der Waals surface area contributed by atoms with Gasteiger partial charge in [0.1, 0.15) is 0 Å². The van der Waals surface area contributed by atoms with Crippen molar-refractivity contribution >= 4 is 5.91 Å². The van der Waals surface area contributed by atoms with Crippen molar-refractivity contribution in [2.45, 2.75) is 53.6 Å². The highest BCUT2D eigenvalue weighted by atomic mass is 16.5. The summed E-state index contributed by atoms with van der Waals surface area (Å²) in [7, 11) is 0. The molecule has 0 aliphatic carbocycles. The monoisotopic (exact) mass is 272 g/mol. The summed E-state index contributed by atoms with van der Waals surface area (Å²) in [6.45, 7) is 15.4. The molecule has 4 heteroatoms. The van der Waals surface area contributed by atoms with Gasteiger partial charge in [-0.25, -0.2) is 0 Å². The Hall–Kier alpha value is -0.610. The molecule has 0 spiro atoms. The highest BCUT2D eigenvalue weighted by Gasteiger charge is 2.23. The van der Waals surface area contributed by atoms with E-state index in [4.69, 9.17) is 4.74 Å². The lowest BCUT2D eigenvalue weighted by molar-refractivity contribution is -0.130. The molecule has 2 rings (SSSR count). The molecule has 0 aromatic heterocycles. The maximum absolute atomic E-state index is 11.1. The second kappa shape index (κ2) is 11.2. The third kappa shape index (κ3) is 6.92. The van der Waals surface area contributed by atoms with Crippen LogP contribution in [0.25, 0.3) is 0 Å². The van der Waals surface area contributed by atoms with E-state index in [1.54, 1.807) is 6.92 Å². The first kappa shape index (κ1) is 18.4. The van der Waals surface area contributed by atoms with Gasteiger partial charge in [-0.1, -0.05) is 27.7 Å². The lowest BCUT2D eigenvalue weighted by Gasteiger charge is -2.35. The second-order valence-corrected chi connectivity index (χ2v) is 4.44. The summed E-state index contributed by atoms with van der Waals surface area (Å²) in [5.74, 6) is 0.201. The van der Waals surface area contributed by atoms with Gasteiger partial charge in [-0.05, 0) is 12.8 Å². The van der Waals surface area contributed by atoms with E-state index in [0.29, 0.717) is 6.10 Å². The minimum absolute atomic E-state index is 0.201. The molecule has 2 aliphatic rings. The van der Waals surface area contributed by atoms with Gasteiger partial charge in [0.2, 0.25) is 5.91 Å². The van der Waals surface area contributed by atoms with E-state index >= 15 is 0 Å². The van der Waals surface area contributed by atoms with Gasteiger partial charge in [-0.3, -0.25) is 9.69 Å². The smallest absolute Gasteiger partial charge is 0.219 e. The molecule has 114 valence electrons. The van der Waals surface area contributed by atoms with E-state index in [0.717, 1.165) is 39.3 Å². The van der Waals surface area contributed by atoms with Gasteiger partial charge in [0.25, 0.3) is 0 Å². The number of hydrogen-bond acceptors (Lipinski definition) is 3. The van der Waals surface area contributed by atoms with Crippen LogP contribution >= 0.6 is 0 Å². The first-order chi connectivity index (χ1) is 9.25. The van der Waals surface area contributed by atoms with Gasteiger partial charge in [-0.15, -0.1) is 0 Å². The van der Waals surface area contributed by atoms with Gasteiger partial charge in [0, 0.05) is 46.3 Å². The van der Waals surface area contributed by atoms with Gasteiger partial charge < -0.3 is 9.64 Å². The van der Waals surface area contributed by atoms with Crippen LogP contribution in [0.5, 0.6) is 0 Å². The Morgan fingerprint density at radius 1 is 1.11 bits per heavy atom. The number of amides is 1. The van der Waals surface area contributed by atoms with Crippen molar-refractivity contribution in [1.29, 1.82) is 0 Å². The van der Waals surface area contributed by atoms with E-state index in [1.807, 2.05) is 32.6 Å². The van der Waals surface area contributed by atoms with Crippen LogP contribution in [-0.2, 0) is 9.53 Å². The Morgan fingerprint density at radius 3 is 2.11 bits per heavy atom. The number of rotatable bonds is 2. The lowest BCUT2D eigenvalue weighted by atomic mass is 10.2. The molecular weight excluding hydrogens is 240 g/mol. The summed E-state index contributed by atoms with van der Waals surface area (Å²) in [4.78, 5) is 15.5. The number of nitrogens with zero attached hydrogens (tertiary/aromatic N) is 2. The molecule has 0 N–H and O–H groups in total. The van der Waals surface area contributed by atoms with Crippen LogP contribution in [0.2, 0.25) is 0 Å². The predicted octanol–water partition coefficient (Wildman–Crippen LogP) is 2.38. The fourth-order valence-electron chi connectivity index (χ4n) is 2.32. The minimum atomic E-state index is 0.201. The highest BCUT2D eigenvalue weighted by Crippen LogP contribution is 2.14. The van der Waals surface area contributed by atoms with Crippen molar-refractivity contribution in [3.05, 3.63) is 0 Å². The molecule has 0 bridgehead atoms. The number of hydrogen-bond donors (Lipinski definition) is 0. The molecule has 0 saturated carbocycles. The van der Waals surface area contributed by atoms with E-state index < -0.39 is 0 Å². The number of carbonyl (C=O) groups excluding carboxylic acids is 1. The van der Waals surface area contributed by atoms with Gasteiger partial charge in [-0.2, -0.15) is 0 Å². The summed E-state index contributed by atoms with van der Waals surface area (Å²) in [6.07, 6.45) is 2.85. The average molecular weight is 272 g/mol. The average Bonchev–Trinajstić information content (AvgIpc) is 2.97. The normalized spacial score (nSPS) is 23.0. The molecule has 0 radical (unpaired) electrons. The third-order valence-electron chi connectivity index (χ3n) is 3.30. The van der Waals surface area contributed by atoms with Crippen molar-refractivity contribution in [3.63, 3.8) is 0 Å². The van der Waals surface area contributed by atoms with Crippen LogP contribution in [0.3, 0.4) is 0 Å². The van der Waals surface area contributed by atoms with Gasteiger partial charge >= 0.3 is 0 Å². The van der Waals surface area contributed by atoms with Gasteiger partial charge in [0.15, 0.2) is 0 Å². The molecule has 2 fully saturated rings. The third-order valence-corrected chi connectivity index (χ3v) is 3.30. The van der Waals surface area contributed by atoms with Crippen molar-refractivity contribution in [1.82, 2.24) is 9.80 Å². The zero-order valence-corrected chi connectivity index (χ0v) is 13.4. The number of piperazine rings is 1. The Morgan fingerprint density at radius 2 is 1.68 bits per heavy atom.